The second kappa shape index (κ2) is 6.92. The lowest BCUT2D eigenvalue weighted by Crippen LogP contribution is -2.28. The maximum absolute atomic E-state index is 5.94. The van der Waals surface area contributed by atoms with Crippen LogP contribution < -0.4 is 10.5 Å². The average molecular weight is 262 g/mol. The molecule has 1 aliphatic heterocycles. The summed E-state index contributed by atoms with van der Waals surface area (Å²) in [6, 6.07) is 9.00. The van der Waals surface area contributed by atoms with Crippen molar-refractivity contribution in [1.29, 1.82) is 0 Å². The van der Waals surface area contributed by atoms with Crippen molar-refractivity contribution in [3.05, 3.63) is 29.8 Å². The van der Waals surface area contributed by atoms with E-state index in [9.17, 15) is 0 Å². The molecule has 2 unspecified atom stereocenters. The first-order valence-corrected chi connectivity index (χ1v) is 7.47. The highest BCUT2D eigenvalue weighted by Gasteiger charge is 2.33. The van der Waals surface area contributed by atoms with Crippen molar-refractivity contribution in [2.45, 2.75) is 32.7 Å². The van der Waals surface area contributed by atoms with Gasteiger partial charge >= 0.3 is 0 Å². The van der Waals surface area contributed by atoms with Gasteiger partial charge in [-0.05, 0) is 56.1 Å². The number of nitrogens with two attached hydrogens (primary N) is 1. The van der Waals surface area contributed by atoms with Crippen molar-refractivity contribution in [2.75, 3.05) is 26.2 Å². The van der Waals surface area contributed by atoms with Crippen molar-refractivity contribution in [3.8, 4) is 5.75 Å². The van der Waals surface area contributed by atoms with Gasteiger partial charge in [0.1, 0.15) is 5.75 Å². The smallest absolute Gasteiger partial charge is 0.119 e. The summed E-state index contributed by atoms with van der Waals surface area (Å²) in [5.41, 5.74) is 7.29. The van der Waals surface area contributed by atoms with Gasteiger partial charge in [-0.15, -0.1) is 0 Å². The average Bonchev–Trinajstić information content (AvgIpc) is 2.88. The molecule has 1 heterocycles. The van der Waals surface area contributed by atoms with E-state index >= 15 is 0 Å². The van der Waals surface area contributed by atoms with Crippen LogP contribution in [0.4, 0.5) is 0 Å². The van der Waals surface area contributed by atoms with E-state index in [0.29, 0.717) is 12.0 Å². The Labute approximate surface area is 116 Å². The fourth-order valence-corrected chi connectivity index (χ4v) is 3.02. The second-order valence-corrected chi connectivity index (χ2v) is 5.28. The van der Waals surface area contributed by atoms with Crippen LogP contribution >= 0.6 is 0 Å². The molecule has 0 aromatic heterocycles. The zero-order valence-corrected chi connectivity index (χ0v) is 12.1. The highest BCUT2D eigenvalue weighted by molar-refractivity contribution is 5.31. The number of ether oxygens (including phenoxy) is 1. The highest BCUT2D eigenvalue weighted by atomic mass is 16.5. The molecule has 1 aliphatic rings. The molecule has 0 spiro atoms. The summed E-state index contributed by atoms with van der Waals surface area (Å²) >= 11 is 0. The number of hydrogen-bond acceptors (Lipinski definition) is 3. The molecule has 3 nitrogen and oxygen atoms in total. The summed E-state index contributed by atoms with van der Waals surface area (Å²) in [7, 11) is 0. The predicted octanol–water partition coefficient (Wildman–Crippen LogP) is 2.82. The summed E-state index contributed by atoms with van der Waals surface area (Å²) in [4.78, 5) is 2.52. The van der Waals surface area contributed by atoms with E-state index in [2.05, 4.69) is 36.9 Å². The van der Waals surface area contributed by atoms with Gasteiger partial charge in [0.2, 0.25) is 0 Å². The molecular formula is C16H26N2O. The summed E-state index contributed by atoms with van der Waals surface area (Å²) in [6.45, 7) is 8.14. The van der Waals surface area contributed by atoms with Crippen LogP contribution in [0.25, 0.3) is 0 Å². The minimum absolute atomic E-state index is 0.458. The van der Waals surface area contributed by atoms with Gasteiger partial charge in [0.15, 0.2) is 0 Å². The largest absolute Gasteiger partial charge is 0.494 e. The van der Waals surface area contributed by atoms with Gasteiger partial charge in [-0.25, -0.2) is 0 Å². The van der Waals surface area contributed by atoms with Gasteiger partial charge in [-0.1, -0.05) is 26.0 Å². The van der Waals surface area contributed by atoms with Gasteiger partial charge in [-0.2, -0.15) is 0 Å². The fraction of sp³-hybridized carbons (Fsp3) is 0.625. The van der Waals surface area contributed by atoms with Crippen molar-refractivity contribution in [3.63, 3.8) is 0 Å². The quantitative estimate of drug-likeness (QED) is 0.856. The zero-order valence-electron chi connectivity index (χ0n) is 12.1. The topological polar surface area (TPSA) is 38.5 Å². The summed E-state index contributed by atoms with van der Waals surface area (Å²) < 4.78 is 5.74. The summed E-state index contributed by atoms with van der Waals surface area (Å²) in [5.74, 6) is 1.56. The lowest BCUT2D eigenvalue weighted by atomic mass is 9.93. The van der Waals surface area contributed by atoms with Crippen molar-refractivity contribution < 1.29 is 4.74 Å². The SMILES string of the molecule is CCCOc1cccc(C2C(CN)CCN2CC)c1. The van der Waals surface area contributed by atoms with Crippen LogP contribution in [0.3, 0.4) is 0 Å². The van der Waals surface area contributed by atoms with Crippen LogP contribution in [0.15, 0.2) is 24.3 Å². The van der Waals surface area contributed by atoms with Gasteiger partial charge < -0.3 is 10.5 Å². The Morgan fingerprint density at radius 1 is 1.37 bits per heavy atom. The maximum atomic E-state index is 5.94. The molecule has 0 radical (unpaired) electrons. The van der Waals surface area contributed by atoms with Crippen molar-refractivity contribution >= 4 is 0 Å². The van der Waals surface area contributed by atoms with Crippen LogP contribution in [0, 0.1) is 5.92 Å². The molecule has 106 valence electrons. The Morgan fingerprint density at radius 2 is 2.21 bits per heavy atom. The third-order valence-electron chi connectivity index (χ3n) is 4.01. The minimum Gasteiger partial charge on any atom is -0.494 e. The maximum Gasteiger partial charge on any atom is 0.119 e. The number of rotatable bonds is 6. The normalized spacial score (nSPS) is 23.7. The van der Waals surface area contributed by atoms with E-state index in [-0.39, 0.29) is 0 Å². The molecule has 0 amide bonds. The van der Waals surface area contributed by atoms with Crippen LogP contribution in [-0.2, 0) is 0 Å². The Bertz CT molecular complexity index is 382. The molecule has 0 bridgehead atoms. The first kappa shape index (κ1) is 14.4. The third kappa shape index (κ3) is 3.28. The van der Waals surface area contributed by atoms with E-state index in [1.807, 2.05) is 6.07 Å². The summed E-state index contributed by atoms with van der Waals surface area (Å²) in [5, 5.41) is 0. The Kier molecular flexibility index (Phi) is 5.23. The number of nitrogens with zero attached hydrogens (tertiary/aromatic N) is 1. The molecule has 1 aromatic carbocycles. The van der Waals surface area contributed by atoms with Crippen LogP contribution in [0.2, 0.25) is 0 Å². The molecule has 1 aromatic rings. The van der Waals surface area contributed by atoms with Crippen molar-refractivity contribution in [2.24, 2.45) is 11.7 Å². The molecule has 3 heteroatoms. The molecule has 1 fully saturated rings. The lowest BCUT2D eigenvalue weighted by molar-refractivity contribution is 0.240. The molecule has 1 saturated heterocycles. The van der Waals surface area contributed by atoms with Gasteiger partial charge in [-0.3, -0.25) is 4.90 Å². The third-order valence-corrected chi connectivity index (χ3v) is 4.01. The monoisotopic (exact) mass is 262 g/mol. The van der Waals surface area contributed by atoms with E-state index in [0.717, 1.165) is 38.4 Å². The standard InChI is InChI=1S/C16H26N2O/c1-3-10-19-15-7-5-6-13(11-15)16-14(12-17)8-9-18(16)4-2/h5-7,11,14,16H,3-4,8-10,12,17H2,1-2H3. The van der Waals surface area contributed by atoms with Crippen molar-refractivity contribution in [1.82, 2.24) is 4.90 Å². The Morgan fingerprint density at radius 3 is 2.89 bits per heavy atom. The van der Waals surface area contributed by atoms with E-state index in [1.54, 1.807) is 0 Å². The molecule has 2 rings (SSSR count). The van der Waals surface area contributed by atoms with E-state index in [1.165, 1.54) is 12.0 Å². The number of likely N-dealkylation sites (tertiary alicyclic amines) is 1. The molecule has 0 saturated carbocycles. The Hall–Kier alpha value is -1.06. The lowest BCUT2D eigenvalue weighted by Gasteiger charge is -2.27. The summed E-state index contributed by atoms with van der Waals surface area (Å²) in [6.07, 6.45) is 2.25. The molecular weight excluding hydrogens is 236 g/mol. The second-order valence-electron chi connectivity index (χ2n) is 5.28. The molecule has 2 N–H and O–H groups in total. The van der Waals surface area contributed by atoms with Gasteiger partial charge in [0.05, 0.1) is 6.61 Å². The van der Waals surface area contributed by atoms with Gasteiger partial charge in [0.25, 0.3) is 0 Å². The van der Waals surface area contributed by atoms with Gasteiger partial charge in [0, 0.05) is 6.04 Å². The number of hydrogen-bond donors (Lipinski definition) is 1. The predicted molar refractivity (Wildman–Crippen MR) is 79.4 cm³/mol. The number of benzene rings is 1. The first-order chi connectivity index (χ1) is 9.30. The van der Waals surface area contributed by atoms with E-state index in [4.69, 9.17) is 10.5 Å². The van der Waals surface area contributed by atoms with Crippen LogP contribution in [0.5, 0.6) is 5.75 Å². The molecule has 0 aliphatic carbocycles. The first-order valence-electron chi connectivity index (χ1n) is 7.47. The fourth-order valence-electron chi connectivity index (χ4n) is 3.02. The van der Waals surface area contributed by atoms with Crippen LogP contribution in [-0.4, -0.2) is 31.1 Å². The Balaban J connectivity index is 2.18. The molecule has 2 atom stereocenters. The molecule has 19 heavy (non-hydrogen) atoms. The van der Waals surface area contributed by atoms with Crippen LogP contribution in [0.1, 0.15) is 38.3 Å². The minimum atomic E-state index is 0.458. The zero-order chi connectivity index (χ0) is 13.7. The highest BCUT2D eigenvalue weighted by Crippen LogP contribution is 2.37. The van der Waals surface area contributed by atoms with E-state index < -0.39 is 0 Å².